The standard InChI is InChI=1S/C6H4BrClO2S/c1-10-6(9)4-2-3(8)5(7)11-4/h2H,1H3. The molecule has 1 rings (SSSR count). The Morgan fingerprint density at radius 2 is 2.45 bits per heavy atom. The first kappa shape index (κ1) is 9.03. The first-order valence-corrected chi connectivity index (χ1v) is 4.67. The van der Waals surface area contributed by atoms with E-state index in [0.29, 0.717) is 9.90 Å². The molecule has 0 aromatic carbocycles. The minimum Gasteiger partial charge on any atom is -0.465 e. The van der Waals surface area contributed by atoms with E-state index in [1.807, 2.05) is 0 Å². The van der Waals surface area contributed by atoms with Crippen molar-refractivity contribution in [3.63, 3.8) is 0 Å². The van der Waals surface area contributed by atoms with Crippen molar-refractivity contribution in [3.05, 3.63) is 19.8 Å². The highest BCUT2D eigenvalue weighted by Gasteiger charge is 2.11. The second-order valence-electron chi connectivity index (χ2n) is 1.72. The summed E-state index contributed by atoms with van der Waals surface area (Å²) in [7, 11) is 1.34. The Bertz CT molecular complexity index is 265. The van der Waals surface area contributed by atoms with E-state index < -0.39 is 0 Å². The number of methoxy groups -OCH3 is 1. The van der Waals surface area contributed by atoms with Gasteiger partial charge in [0.15, 0.2) is 0 Å². The van der Waals surface area contributed by atoms with Gasteiger partial charge in [0.2, 0.25) is 0 Å². The highest BCUT2D eigenvalue weighted by atomic mass is 79.9. The lowest BCUT2D eigenvalue weighted by atomic mass is 10.5. The van der Waals surface area contributed by atoms with Gasteiger partial charge in [-0.1, -0.05) is 11.6 Å². The Morgan fingerprint density at radius 3 is 2.82 bits per heavy atom. The molecule has 0 fully saturated rings. The van der Waals surface area contributed by atoms with Crippen LogP contribution in [0.3, 0.4) is 0 Å². The van der Waals surface area contributed by atoms with Gasteiger partial charge in [0.05, 0.1) is 15.9 Å². The van der Waals surface area contributed by atoms with Crippen molar-refractivity contribution >= 4 is 44.8 Å². The molecule has 0 unspecified atom stereocenters. The summed E-state index contributed by atoms with van der Waals surface area (Å²) in [5.74, 6) is -0.359. The monoisotopic (exact) mass is 254 g/mol. The van der Waals surface area contributed by atoms with E-state index in [9.17, 15) is 4.79 Å². The lowest BCUT2D eigenvalue weighted by molar-refractivity contribution is 0.0606. The van der Waals surface area contributed by atoms with Crippen LogP contribution in [-0.4, -0.2) is 13.1 Å². The fourth-order valence-electron chi connectivity index (χ4n) is 0.548. The normalized spacial score (nSPS) is 9.73. The Hall–Kier alpha value is -0.0600. The molecule has 0 spiro atoms. The second-order valence-corrected chi connectivity index (χ2v) is 4.50. The summed E-state index contributed by atoms with van der Waals surface area (Å²) in [5, 5.41) is 0.537. The summed E-state index contributed by atoms with van der Waals surface area (Å²) in [4.78, 5) is 11.4. The van der Waals surface area contributed by atoms with Gasteiger partial charge in [-0.15, -0.1) is 11.3 Å². The molecule has 0 bridgehead atoms. The molecule has 0 saturated heterocycles. The Balaban J connectivity index is 2.97. The number of hydrogen-bond acceptors (Lipinski definition) is 3. The Morgan fingerprint density at radius 1 is 1.82 bits per heavy atom. The highest BCUT2D eigenvalue weighted by Crippen LogP contribution is 2.32. The van der Waals surface area contributed by atoms with Gasteiger partial charge in [-0.2, -0.15) is 0 Å². The van der Waals surface area contributed by atoms with Gasteiger partial charge in [-0.3, -0.25) is 0 Å². The summed E-state index contributed by atoms with van der Waals surface area (Å²) in [6.07, 6.45) is 0. The molecule has 0 saturated carbocycles. The van der Waals surface area contributed by atoms with E-state index >= 15 is 0 Å². The molecule has 0 aliphatic rings. The lowest BCUT2D eigenvalue weighted by Crippen LogP contribution is -1.96. The molecule has 1 heterocycles. The molecular weight excluding hydrogens is 251 g/mol. The van der Waals surface area contributed by atoms with Crippen LogP contribution in [0.2, 0.25) is 5.02 Å². The van der Waals surface area contributed by atoms with Crippen molar-refractivity contribution in [1.82, 2.24) is 0 Å². The second kappa shape index (κ2) is 3.56. The van der Waals surface area contributed by atoms with Crippen molar-refractivity contribution in [1.29, 1.82) is 0 Å². The Labute approximate surface area is 81.2 Å². The number of carbonyl (C=O) groups excluding carboxylic acids is 1. The lowest BCUT2D eigenvalue weighted by Gasteiger charge is -1.90. The molecule has 1 aromatic heterocycles. The predicted molar refractivity (Wildman–Crippen MR) is 48.4 cm³/mol. The van der Waals surface area contributed by atoms with Gasteiger partial charge in [-0.25, -0.2) is 4.79 Å². The third-order valence-corrected chi connectivity index (χ3v) is 3.49. The topological polar surface area (TPSA) is 26.3 Å². The van der Waals surface area contributed by atoms with E-state index in [-0.39, 0.29) is 5.97 Å². The van der Waals surface area contributed by atoms with Crippen LogP contribution >= 0.6 is 38.9 Å². The smallest absolute Gasteiger partial charge is 0.348 e. The number of thiophene rings is 1. The molecule has 5 heteroatoms. The zero-order valence-electron chi connectivity index (χ0n) is 5.56. The van der Waals surface area contributed by atoms with Crippen molar-refractivity contribution in [2.24, 2.45) is 0 Å². The van der Waals surface area contributed by atoms with Crippen molar-refractivity contribution in [2.45, 2.75) is 0 Å². The van der Waals surface area contributed by atoms with E-state index in [2.05, 4.69) is 20.7 Å². The molecule has 0 radical (unpaired) electrons. The summed E-state index contributed by atoms with van der Waals surface area (Å²) in [6, 6.07) is 1.57. The minimum absolute atomic E-state index is 0.359. The number of hydrogen-bond donors (Lipinski definition) is 0. The molecule has 0 aliphatic carbocycles. The van der Waals surface area contributed by atoms with Crippen LogP contribution in [0.5, 0.6) is 0 Å². The maximum Gasteiger partial charge on any atom is 0.348 e. The van der Waals surface area contributed by atoms with Crippen molar-refractivity contribution in [3.8, 4) is 0 Å². The van der Waals surface area contributed by atoms with Crippen LogP contribution in [-0.2, 0) is 4.74 Å². The maximum atomic E-state index is 10.9. The van der Waals surface area contributed by atoms with E-state index in [1.54, 1.807) is 6.07 Å². The quantitative estimate of drug-likeness (QED) is 0.721. The van der Waals surface area contributed by atoms with Gasteiger partial charge >= 0.3 is 5.97 Å². The number of esters is 1. The average Bonchev–Trinajstić information content (AvgIpc) is 2.31. The van der Waals surface area contributed by atoms with Crippen LogP contribution < -0.4 is 0 Å². The van der Waals surface area contributed by atoms with Gasteiger partial charge in [-0.05, 0) is 22.0 Å². The van der Waals surface area contributed by atoms with Gasteiger partial charge in [0, 0.05) is 0 Å². The number of rotatable bonds is 1. The minimum atomic E-state index is -0.359. The molecule has 0 atom stereocenters. The van der Waals surface area contributed by atoms with E-state index in [4.69, 9.17) is 11.6 Å². The predicted octanol–water partition coefficient (Wildman–Crippen LogP) is 2.95. The molecule has 0 amide bonds. The molecular formula is C6H4BrClO2S. The summed E-state index contributed by atoms with van der Waals surface area (Å²) in [5.41, 5.74) is 0. The first-order chi connectivity index (χ1) is 5.15. The third-order valence-electron chi connectivity index (χ3n) is 1.03. The number of ether oxygens (including phenoxy) is 1. The van der Waals surface area contributed by atoms with Crippen molar-refractivity contribution < 1.29 is 9.53 Å². The molecule has 2 nitrogen and oxygen atoms in total. The third kappa shape index (κ3) is 1.95. The molecule has 0 aliphatic heterocycles. The number of halogens is 2. The molecule has 11 heavy (non-hydrogen) atoms. The molecule has 1 aromatic rings. The van der Waals surface area contributed by atoms with Crippen LogP contribution in [0.15, 0.2) is 9.85 Å². The average molecular weight is 256 g/mol. The van der Waals surface area contributed by atoms with E-state index in [0.717, 1.165) is 3.79 Å². The zero-order chi connectivity index (χ0) is 8.43. The summed E-state index contributed by atoms with van der Waals surface area (Å²) in [6.45, 7) is 0. The number of carbonyl (C=O) groups is 1. The van der Waals surface area contributed by atoms with Gasteiger partial charge < -0.3 is 4.74 Å². The largest absolute Gasteiger partial charge is 0.465 e. The molecule has 60 valence electrons. The van der Waals surface area contributed by atoms with Gasteiger partial charge in [0.1, 0.15) is 4.88 Å². The fourth-order valence-corrected chi connectivity index (χ4v) is 2.17. The zero-order valence-corrected chi connectivity index (χ0v) is 8.72. The molecule has 0 N–H and O–H groups in total. The SMILES string of the molecule is COC(=O)c1cc(Cl)c(Br)s1. The van der Waals surface area contributed by atoms with E-state index in [1.165, 1.54) is 18.4 Å². The van der Waals surface area contributed by atoms with Crippen LogP contribution in [0, 0.1) is 0 Å². The fraction of sp³-hybridized carbons (Fsp3) is 0.167. The maximum absolute atomic E-state index is 10.9. The summed E-state index contributed by atoms with van der Waals surface area (Å²) >= 11 is 10.1. The summed E-state index contributed by atoms with van der Waals surface area (Å²) < 4.78 is 5.25. The van der Waals surface area contributed by atoms with Crippen molar-refractivity contribution in [2.75, 3.05) is 7.11 Å². The Kier molecular flexibility index (Phi) is 2.92. The highest BCUT2D eigenvalue weighted by molar-refractivity contribution is 9.11. The van der Waals surface area contributed by atoms with Crippen LogP contribution in [0.25, 0.3) is 0 Å². The first-order valence-electron chi connectivity index (χ1n) is 2.68. The van der Waals surface area contributed by atoms with Crippen LogP contribution in [0.1, 0.15) is 9.67 Å². The van der Waals surface area contributed by atoms with Gasteiger partial charge in [0.25, 0.3) is 0 Å². The van der Waals surface area contributed by atoms with Crippen LogP contribution in [0.4, 0.5) is 0 Å².